The largest absolute Gasteiger partial charge is 0.462 e. The molecule has 0 unspecified atom stereocenters. The summed E-state index contributed by atoms with van der Waals surface area (Å²) in [6.45, 7) is 9.36. The Kier molecular flexibility index (Phi) is 5.29. The van der Waals surface area contributed by atoms with Crippen molar-refractivity contribution in [3.8, 4) is 0 Å². The van der Waals surface area contributed by atoms with Crippen LogP contribution in [0.25, 0.3) is 0 Å². The van der Waals surface area contributed by atoms with Crippen LogP contribution in [0.2, 0.25) is 0 Å². The van der Waals surface area contributed by atoms with Gasteiger partial charge in [-0.05, 0) is 17.8 Å². The summed E-state index contributed by atoms with van der Waals surface area (Å²) in [6, 6.07) is 0. The van der Waals surface area contributed by atoms with Gasteiger partial charge < -0.3 is 9.84 Å². The van der Waals surface area contributed by atoms with E-state index in [0.717, 1.165) is 0 Å². The molecular weight excluding hydrogens is 244 g/mol. The van der Waals surface area contributed by atoms with Crippen LogP contribution in [0.3, 0.4) is 0 Å². The molecule has 108 valence electrons. The lowest BCUT2D eigenvalue weighted by Crippen LogP contribution is -2.24. The van der Waals surface area contributed by atoms with Crippen molar-refractivity contribution >= 4 is 11.8 Å². The number of rotatable bonds is 8. The van der Waals surface area contributed by atoms with Crippen LogP contribution in [0.5, 0.6) is 0 Å². The number of hydrogen-bond acceptors (Lipinski definition) is 4. The Morgan fingerprint density at radius 2 is 2.11 bits per heavy atom. The van der Waals surface area contributed by atoms with Gasteiger partial charge in [-0.3, -0.25) is 9.59 Å². The van der Waals surface area contributed by atoms with E-state index in [1.807, 2.05) is 6.08 Å². The van der Waals surface area contributed by atoms with Crippen molar-refractivity contribution in [2.45, 2.75) is 46.1 Å². The van der Waals surface area contributed by atoms with Gasteiger partial charge in [-0.1, -0.05) is 19.9 Å². The number of carbonyl (C=O) groups excluding carboxylic acids is 2. The number of aliphatic hydroxyl groups is 1. The topological polar surface area (TPSA) is 63.6 Å². The minimum Gasteiger partial charge on any atom is -0.462 e. The van der Waals surface area contributed by atoms with E-state index in [1.54, 1.807) is 0 Å². The van der Waals surface area contributed by atoms with Crippen LogP contribution in [0.4, 0.5) is 0 Å². The summed E-state index contributed by atoms with van der Waals surface area (Å²) in [5, 5.41) is 8.73. The van der Waals surface area contributed by atoms with Gasteiger partial charge in [0.05, 0.1) is 0 Å². The fourth-order valence-electron chi connectivity index (χ4n) is 2.94. The SMILES string of the molecule is C=C[C@H]1[C@@H]([C@@H](CC(=O)CCCO)OC(C)=O)C1(C)C. The predicted molar refractivity (Wildman–Crippen MR) is 72.5 cm³/mol. The Balaban J connectivity index is 2.66. The summed E-state index contributed by atoms with van der Waals surface area (Å²) < 4.78 is 5.32. The Morgan fingerprint density at radius 1 is 1.47 bits per heavy atom. The lowest BCUT2D eigenvalue weighted by Gasteiger charge is -2.18. The molecule has 4 nitrogen and oxygen atoms in total. The fraction of sp³-hybridized carbons (Fsp3) is 0.733. The zero-order valence-electron chi connectivity index (χ0n) is 12.0. The number of esters is 1. The molecule has 19 heavy (non-hydrogen) atoms. The molecule has 0 heterocycles. The monoisotopic (exact) mass is 268 g/mol. The maximum atomic E-state index is 11.8. The van der Waals surface area contributed by atoms with Gasteiger partial charge in [0.25, 0.3) is 0 Å². The standard InChI is InChI=1S/C15H24O4/c1-5-12-14(15(12,3)4)13(19-10(2)17)9-11(18)7-6-8-16/h5,12-14,16H,1,6-9H2,2-4H3/t12-,13+,14-/m0/s1. The average Bonchev–Trinajstić information content (AvgIpc) is 2.86. The van der Waals surface area contributed by atoms with Crippen molar-refractivity contribution < 1.29 is 19.4 Å². The number of aliphatic hydroxyl groups excluding tert-OH is 1. The summed E-state index contributed by atoms with van der Waals surface area (Å²) in [5.74, 6) is 0.116. The Morgan fingerprint density at radius 3 is 2.53 bits per heavy atom. The zero-order valence-corrected chi connectivity index (χ0v) is 12.0. The van der Waals surface area contributed by atoms with E-state index < -0.39 is 0 Å². The average molecular weight is 268 g/mol. The van der Waals surface area contributed by atoms with E-state index in [4.69, 9.17) is 9.84 Å². The van der Waals surface area contributed by atoms with E-state index in [1.165, 1.54) is 6.92 Å². The third-order valence-electron chi connectivity index (χ3n) is 4.01. The molecule has 1 aliphatic rings. The Labute approximate surface area is 114 Å². The summed E-state index contributed by atoms with van der Waals surface area (Å²) in [6.07, 6.45) is 2.53. The molecule has 1 aliphatic carbocycles. The minimum absolute atomic E-state index is 0.00811. The molecule has 0 saturated heterocycles. The van der Waals surface area contributed by atoms with Crippen molar-refractivity contribution in [3.63, 3.8) is 0 Å². The van der Waals surface area contributed by atoms with Gasteiger partial charge in [0, 0.05) is 32.3 Å². The van der Waals surface area contributed by atoms with Crippen molar-refractivity contribution in [1.82, 2.24) is 0 Å². The molecule has 0 bridgehead atoms. The van der Waals surface area contributed by atoms with Gasteiger partial charge in [0.2, 0.25) is 0 Å². The lowest BCUT2D eigenvalue weighted by molar-refractivity contribution is -0.149. The van der Waals surface area contributed by atoms with Gasteiger partial charge in [-0.15, -0.1) is 6.58 Å². The molecule has 0 aromatic heterocycles. The van der Waals surface area contributed by atoms with Gasteiger partial charge in [-0.2, -0.15) is 0 Å². The van der Waals surface area contributed by atoms with Crippen LogP contribution < -0.4 is 0 Å². The molecule has 4 heteroatoms. The van der Waals surface area contributed by atoms with Crippen molar-refractivity contribution in [2.75, 3.05) is 6.61 Å². The van der Waals surface area contributed by atoms with E-state index in [9.17, 15) is 9.59 Å². The van der Waals surface area contributed by atoms with Crippen LogP contribution in [0, 0.1) is 17.3 Å². The second-order valence-corrected chi connectivity index (χ2v) is 5.83. The minimum atomic E-state index is -0.373. The third-order valence-corrected chi connectivity index (χ3v) is 4.01. The maximum absolute atomic E-state index is 11.8. The lowest BCUT2D eigenvalue weighted by atomic mass is 10.00. The maximum Gasteiger partial charge on any atom is 0.302 e. The smallest absolute Gasteiger partial charge is 0.302 e. The molecule has 0 aliphatic heterocycles. The third kappa shape index (κ3) is 3.90. The van der Waals surface area contributed by atoms with Crippen LogP contribution in [0.15, 0.2) is 12.7 Å². The first-order valence-corrected chi connectivity index (χ1v) is 6.77. The predicted octanol–water partition coefficient (Wildman–Crippen LogP) is 2.11. The summed E-state index contributed by atoms with van der Waals surface area (Å²) in [5.41, 5.74) is 0.0269. The molecule has 0 amide bonds. The van der Waals surface area contributed by atoms with E-state index in [-0.39, 0.29) is 48.1 Å². The molecule has 1 saturated carbocycles. The normalized spacial score (nSPS) is 25.5. The number of ether oxygens (including phenoxy) is 1. The molecule has 1 rings (SSSR count). The Hall–Kier alpha value is -1.16. The molecule has 3 atom stereocenters. The molecule has 0 aromatic carbocycles. The first kappa shape index (κ1) is 15.9. The highest BCUT2D eigenvalue weighted by Gasteiger charge is 2.60. The molecule has 0 spiro atoms. The van der Waals surface area contributed by atoms with Gasteiger partial charge in [0.1, 0.15) is 11.9 Å². The van der Waals surface area contributed by atoms with E-state index in [0.29, 0.717) is 12.8 Å². The highest BCUT2D eigenvalue weighted by molar-refractivity contribution is 5.79. The van der Waals surface area contributed by atoms with Gasteiger partial charge in [-0.25, -0.2) is 0 Å². The molecule has 0 aromatic rings. The number of Topliss-reactive ketones (excluding diaryl/α,β-unsaturated/α-hetero) is 1. The second kappa shape index (κ2) is 6.33. The highest BCUT2D eigenvalue weighted by atomic mass is 16.5. The highest BCUT2D eigenvalue weighted by Crippen LogP contribution is 2.61. The number of ketones is 1. The second-order valence-electron chi connectivity index (χ2n) is 5.83. The first-order valence-electron chi connectivity index (χ1n) is 6.77. The summed E-state index contributed by atoms with van der Waals surface area (Å²) in [7, 11) is 0. The quantitative estimate of drug-likeness (QED) is 0.541. The molecule has 1 N–H and O–H groups in total. The van der Waals surface area contributed by atoms with Crippen LogP contribution in [-0.4, -0.2) is 29.6 Å². The van der Waals surface area contributed by atoms with Crippen molar-refractivity contribution in [2.24, 2.45) is 17.3 Å². The van der Waals surface area contributed by atoms with Gasteiger partial charge >= 0.3 is 5.97 Å². The van der Waals surface area contributed by atoms with Crippen LogP contribution in [0.1, 0.15) is 40.0 Å². The molecule has 1 fully saturated rings. The first-order chi connectivity index (χ1) is 8.84. The van der Waals surface area contributed by atoms with Crippen molar-refractivity contribution in [3.05, 3.63) is 12.7 Å². The molecular formula is C15H24O4. The van der Waals surface area contributed by atoms with E-state index >= 15 is 0 Å². The number of hydrogen-bond donors (Lipinski definition) is 1. The van der Waals surface area contributed by atoms with E-state index in [2.05, 4.69) is 20.4 Å². The van der Waals surface area contributed by atoms with Crippen LogP contribution >= 0.6 is 0 Å². The number of allylic oxidation sites excluding steroid dienone is 1. The summed E-state index contributed by atoms with van der Waals surface area (Å²) >= 11 is 0. The zero-order chi connectivity index (χ0) is 14.6. The van der Waals surface area contributed by atoms with Crippen LogP contribution in [-0.2, 0) is 14.3 Å². The van der Waals surface area contributed by atoms with Gasteiger partial charge in [0.15, 0.2) is 0 Å². The number of carbonyl (C=O) groups is 2. The summed E-state index contributed by atoms with van der Waals surface area (Å²) in [4.78, 5) is 23.0. The van der Waals surface area contributed by atoms with Crippen molar-refractivity contribution in [1.29, 1.82) is 0 Å². The Bertz CT molecular complexity index is 359. The molecule has 0 radical (unpaired) electrons. The fourth-order valence-corrected chi connectivity index (χ4v) is 2.94.